The number of hydroxylamine groups is 2. The summed E-state index contributed by atoms with van der Waals surface area (Å²) in [7, 11) is 0. The summed E-state index contributed by atoms with van der Waals surface area (Å²) >= 11 is 0. The van der Waals surface area contributed by atoms with Gasteiger partial charge >= 0.3 is 12.5 Å². The predicted octanol–water partition coefficient (Wildman–Crippen LogP) is 0.734. The Hall–Kier alpha value is -2.68. The fourth-order valence-electron chi connectivity index (χ4n) is 3.56. The second-order valence-corrected chi connectivity index (χ2v) is 7.51. The van der Waals surface area contributed by atoms with E-state index in [-0.39, 0.29) is 57.4 Å². The number of aliphatic hydroxyl groups is 1. The van der Waals surface area contributed by atoms with Gasteiger partial charge in [0.15, 0.2) is 11.6 Å². The number of alkyl halides is 2. The van der Waals surface area contributed by atoms with E-state index in [1.54, 1.807) is 5.06 Å². The number of nitrogens with zero attached hydrogens (tertiary/aromatic N) is 3. The second kappa shape index (κ2) is 12.1. The first-order valence-electron chi connectivity index (χ1n) is 10.6. The molecule has 0 aliphatic carbocycles. The van der Waals surface area contributed by atoms with Gasteiger partial charge in [-0.25, -0.2) is 13.6 Å². The van der Waals surface area contributed by atoms with Gasteiger partial charge in [0.25, 0.3) is 5.91 Å². The Morgan fingerprint density at radius 2 is 1.94 bits per heavy atom. The summed E-state index contributed by atoms with van der Waals surface area (Å²) in [6.07, 6.45) is -5.07. The second-order valence-electron chi connectivity index (χ2n) is 7.51. The van der Waals surface area contributed by atoms with Gasteiger partial charge in [-0.3, -0.25) is 14.5 Å². The summed E-state index contributed by atoms with van der Waals surface area (Å²) < 4.78 is 64.6. The van der Waals surface area contributed by atoms with E-state index < -0.39 is 36.2 Å². The summed E-state index contributed by atoms with van der Waals surface area (Å²) in [5.74, 6) is -3.29. The van der Waals surface area contributed by atoms with Crippen LogP contribution in [0.25, 0.3) is 0 Å². The molecule has 1 aromatic carbocycles. The molecule has 190 valence electrons. The monoisotopic (exact) mass is 494 g/mol. The van der Waals surface area contributed by atoms with E-state index in [9.17, 15) is 27.2 Å². The Balaban J connectivity index is 1.61. The van der Waals surface area contributed by atoms with E-state index in [1.165, 1.54) is 4.90 Å². The van der Waals surface area contributed by atoms with Crippen LogP contribution in [0.2, 0.25) is 0 Å². The summed E-state index contributed by atoms with van der Waals surface area (Å²) in [5.41, 5.74) is -0.362. The molecular formula is C20H26F4N4O6. The Bertz CT molecular complexity index is 841. The highest BCUT2D eigenvalue weighted by Crippen LogP contribution is 2.31. The Kier molecular flexibility index (Phi) is 9.27. The number of carbonyl (C=O) groups is 2. The maximum absolute atomic E-state index is 14.9. The number of anilines is 2. The van der Waals surface area contributed by atoms with Crippen LogP contribution in [-0.4, -0.2) is 100 Å². The summed E-state index contributed by atoms with van der Waals surface area (Å²) in [4.78, 5) is 31.1. The molecule has 2 heterocycles. The number of carbonyl (C=O) groups excluding carboxylic acids is 2. The van der Waals surface area contributed by atoms with Gasteiger partial charge in [0.1, 0.15) is 11.8 Å². The van der Waals surface area contributed by atoms with Gasteiger partial charge < -0.3 is 24.8 Å². The quantitative estimate of drug-likeness (QED) is 0.363. The number of amides is 2. The number of halogens is 4. The lowest BCUT2D eigenvalue weighted by Gasteiger charge is -2.24. The van der Waals surface area contributed by atoms with Crippen LogP contribution >= 0.6 is 0 Å². The highest BCUT2D eigenvalue weighted by molar-refractivity contribution is 5.90. The van der Waals surface area contributed by atoms with E-state index >= 15 is 0 Å². The van der Waals surface area contributed by atoms with Crippen molar-refractivity contribution in [3.05, 3.63) is 23.8 Å². The fraction of sp³-hybridized carbons (Fsp3) is 0.600. The van der Waals surface area contributed by atoms with Crippen molar-refractivity contribution in [2.75, 3.05) is 75.5 Å². The lowest BCUT2D eigenvalue weighted by Crippen LogP contribution is -2.37. The number of cyclic esters (lactones) is 1. The average Bonchev–Trinajstić information content (AvgIpc) is 3.01. The van der Waals surface area contributed by atoms with Gasteiger partial charge in [0.05, 0.1) is 45.2 Å². The third-order valence-electron chi connectivity index (χ3n) is 5.18. The van der Waals surface area contributed by atoms with Gasteiger partial charge in [-0.05, 0) is 0 Å². The number of aliphatic hydroxyl groups excluding tert-OH is 1. The third kappa shape index (κ3) is 6.68. The first-order chi connectivity index (χ1) is 16.3. The van der Waals surface area contributed by atoms with Crippen LogP contribution in [0.4, 0.5) is 33.7 Å². The maximum atomic E-state index is 14.9. The zero-order valence-corrected chi connectivity index (χ0v) is 18.2. The van der Waals surface area contributed by atoms with E-state index in [1.807, 2.05) is 5.32 Å². The van der Waals surface area contributed by atoms with Crippen LogP contribution in [0.5, 0.6) is 0 Å². The van der Waals surface area contributed by atoms with Crippen molar-refractivity contribution in [3.63, 3.8) is 0 Å². The number of nitrogens with one attached hydrogen (secondary N) is 1. The molecule has 0 radical (unpaired) electrons. The molecule has 0 bridgehead atoms. The van der Waals surface area contributed by atoms with Crippen molar-refractivity contribution in [2.24, 2.45) is 0 Å². The zero-order valence-electron chi connectivity index (χ0n) is 18.2. The molecule has 2 aliphatic rings. The molecule has 0 spiro atoms. The molecule has 0 aromatic heterocycles. The predicted molar refractivity (Wildman–Crippen MR) is 111 cm³/mol. The van der Waals surface area contributed by atoms with Crippen LogP contribution in [-0.2, 0) is 19.1 Å². The van der Waals surface area contributed by atoms with Gasteiger partial charge in [-0.1, -0.05) is 0 Å². The van der Waals surface area contributed by atoms with E-state index in [2.05, 4.69) is 0 Å². The standard InChI is InChI=1S/C20H26F4N4O6/c21-15-9-13(28-12-14(34-20(28)31)11-25-19(30)18(23)24)10-16(22)17(15)26-1-2-27(33-7-3-26)4-6-32-8-5-29/h9-10,14,18,29H,1-8,11-12H2,(H,25,30)/t14-/m0/s1. The lowest BCUT2D eigenvalue weighted by atomic mass is 10.2. The molecule has 3 rings (SSSR count). The Morgan fingerprint density at radius 3 is 2.62 bits per heavy atom. The van der Waals surface area contributed by atoms with Gasteiger partial charge in [0.2, 0.25) is 0 Å². The lowest BCUT2D eigenvalue weighted by molar-refractivity contribution is -0.156. The molecule has 14 heteroatoms. The number of hydrogen-bond donors (Lipinski definition) is 2. The SMILES string of the molecule is O=C(NC[C@H]1CN(c2cc(F)c(N3CCON(CCOCCO)CC3)c(F)c2)C(=O)O1)C(F)F. The van der Waals surface area contributed by atoms with Crippen LogP contribution in [0.3, 0.4) is 0 Å². The zero-order chi connectivity index (χ0) is 24.7. The molecule has 1 atom stereocenters. The van der Waals surface area contributed by atoms with Gasteiger partial charge in [0, 0.05) is 38.3 Å². The van der Waals surface area contributed by atoms with Crippen LogP contribution < -0.4 is 15.1 Å². The molecule has 34 heavy (non-hydrogen) atoms. The molecule has 1 aromatic rings. The molecule has 10 nitrogen and oxygen atoms in total. The van der Waals surface area contributed by atoms with Crippen molar-refractivity contribution in [1.82, 2.24) is 10.4 Å². The first-order valence-corrected chi connectivity index (χ1v) is 10.6. The van der Waals surface area contributed by atoms with E-state index in [0.717, 1.165) is 17.0 Å². The smallest absolute Gasteiger partial charge is 0.414 e. The Morgan fingerprint density at radius 1 is 1.21 bits per heavy atom. The van der Waals surface area contributed by atoms with Crippen molar-refractivity contribution >= 4 is 23.4 Å². The first kappa shape index (κ1) is 25.9. The Labute approximate surface area is 192 Å². The molecule has 2 aliphatic heterocycles. The number of hydrogen-bond acceptors (Lipinski definition) is 8. The van der Waals surface area contributed by atoms with Crippen molar-refractivity contribution in [3.8, 4) is 0 Å². The van der Waals surface area contributed by atoms with Crippen molar-refractivity contribution in [2.45, 2.75) is 12.5 Å². The molecule has 2 saturated heterocycles. The summed E-state index contributed by atoms with van der Waals surface area (Å²) in [6.45, 7) is 1.37. The topological polar surface area (TPSA) is 104 Å². The van der Waals surface area contributed by atoms with Crippen LogP contribution in [0.1, 0.15) is 0 Å². The minimum Gasteiger partial charge on any atom is -0.442 e. The third-order valence-corrected chi connectivity index (χ3v) is 5.18. The maximum Gasteiger partial charge on any atom is 0.414 e. The molecule has 2 fully saturated rings. The molecule has 0 unspecified atom stereocenters. The van der Waals surface area contributed by atoms with Crippen LogP contribution in [0.15, 0.2) is 12.1 Å². The fourth-order valence-corrected chi connectivity index (χ4v) is 3.56. The normalized spacial score (nSPS) is 19.5. The number of ether oxygens (including phenoxy) is 2. The number of benzene rings is 1. The minimum absolute atomic E-state index is 0.0890. The number of rotatable bonds is 10. The van der Waals surface area contributed by atoms with Crippen LogP contribution in [0, 0.1) is 11.6 Å². The van der Waals surface area contributed by atoms with E-state index in [4.69, 9.17) is 19.4 Å². The van der Waals surface area contributed by atoms with Crippen molar-refractivity contribution in [1.29, 1.82) is 0 Å². The summed E-state index contributed by atoms with van der Waals surface area (Å²) in [5, 5.41) is 12.3. The average molecular weight is 494 g/mol. The highest BCUT2D eigenvalue weighted by atomic mass is 19.3. The largest absolute Gasteiger partial charge is 0.442 e. The molecule has 2 N–H and O–H groups in total. The highest BCUT2D eigenvalue weighted by Gasteiger charge is 2.34. The van der Waals surface area contributed by atoms with E-state index in [0.29, 0.717) is 19.7 Å². The molecule has 0 saturated carbocycles. The van der Waals surface area contributed by atoms with Crippen molar-refractivity contribution < 1.29 is 46.6 Å². The van der Waals surface area contributed by atoms with Gasteiger partial charge in [-0.2, -0.15) is 13.8 Å². The molecular weight excluding hydrogens is 468 g/mol. The summed E-state index contributed by atoms with van der Waals surface area (Å²) in [6, 6.07) is 1.98. The molecule has 2 amide bonds. The minimum atomic E-state index is -3.21. The van der Waals surface area contributed by atoms with Gasteiger partial charge in [-0.15, -0.1) is 0 Å².